The third-order valence-corrected chi connectivity index (χ3v) is 2.91. The molecular formula is C14H18N4. The van der Waals surface area contributed by atoms with Gasteiger partial charge in [-0.25, -0.2) is 4.98 Å². The van der Waals surface area contributed by atoms with Gasteiger partial charge >= 0.3 is 0 Å². The molecule has 4 nitrogen and oxygen atoms in total. The third kappa shape index (κ3) is 2.91. The third-order valence-electron chi connectivity index (χ3n) is 2.91. The van der Waals surface area contributed by atoms with Crippen LogP contribution < -0.4 is 16.4 Å². The van der Waals surface area contributed by atoms with Gasteiger partial charge in [-0.15, -0.1) is 0 Å². The van der Waals surface area contributed by atoms with Crippen molar-refractivity contribution in [3.8, 4) is 0 Å². The van der Waals surface area contributed by atoms with Gasteiger partial charge in [-0.2, -0.15) is 0 Å². The lowest BCUT2D eigenvalue weighted by Gasteiger charge is -2.18. The lowest BCUT2D eigenvalue weighted by atomic mass is 10.1. The maximum atomic E-state index is 5.70. The van der Waals surface area contributed by atoms with E-state index in [1.807, 2.05) is 19.2 Å². The summed E-state index contributed by atoms with van der Waals surface area (Å²) in [5, 5.41) is 0. The number of benzene rings is 1. The van der Waals surface area contributed by atoms with Gasteiger partial charge in [0.2, 0.25) is 0 Å². The highest BCUT2D eigenvalue weighted by molar-refractivity contribution is 5.62. The van der Waals surface area contributed by atoms with Gasteiger partial charge in [0.25, 0.3) is 0 Å². The number of pyridine rings is 1. The molecule has 18 heavy (non-hydrogen) atoms. The summed E-state index contributed by atoms with van der Waals surface area (Å²) in [7, 11) is 2.00. The van der Waals surface area contributed by atoms with Crippen molar-refractivity contribution in [2.24, 2.45) is 0 Å². The predicted octanol–water partition coefficient (Wildman–Crippen LogP) is 1.92. The smallest absolute Gasteiger partial charge is 0.149 e. The summed E-state index contributed by atoms with van der Waals surface area (Å²) in [6.07, 6.45) is 0.975. The Balaban J connectivity index is 1.99. The maximum absolute atomic E-state index is 5.70. The van der Waals surface area contributed by atoms with E-state index in [2.05, 4.69) is 34.1 Å². The summed E-state index contributed by atoms with van der Waals surface area (Å²) in [4.78, 5) is 6.34. The Morgan fingerprint density at radius 2 is 1.78 bits per heavy atom. The van der Waals surface area contributed by atoms with Gasteiger partial charge < -0.3 is 16.4 Å². The fraction of sp³-hybridized carbons (Fsp3) is 0.214. The van der Waals surface area contributed by atoms with E-state index in [0.717, 1.165) is 18.8 Å². The van der Waals surface area contributed by atoms with E-state index in [4.69, 9.17) is 11.5 Å². The predicted molar refractivity (Wildman–Crippen MR) is 76.5 cm³/mol. The van der Waals surface area contributed by atoms with Crippen molar-refractivity contribution in [1.29, 1.82) is 0 Å². The first-order chi connectivity index (χ1) is 8.66. The number of hydrogen-bond donors (Lipinski definition) is 2. The number of nitrogens with zero attached hydrogens (tertiary/aromatic N) is 2. The molecule has 0 unspecified atom stereocenters. The average Bonchev–Trinajstić information content (AvgIpc) is 2.40. The van der Waals surface area contributed by atoms with Gasteiger partial charge in [0.1, 0.15) is 11.6 Å². The van der Waals surface area contributed by atoms with E-state index in [1.165, 1.54) is 5.56 Å². The van der Waals surface area contributed by atoms with Gasteiger partial charge in [0, 0.05) is 13.6 Å². The second-order valence-corrected chi connectivity index (χ2v) is 4.30. The standard InChI is InChI=1S/C14H18N4/c1-18(10-9-11-5-3-2-4-6-11)13-8-7-12(15)14(16)17-13/h2-8H,9-10,15H2,1H3,(H2,16,17). The molecule has 0 bridgehead atoms. The van der Waals surface area contributed by atoms with Crippen LogP contribution in [0.3, 0.4) is 0 Å². The minimum Gasteiger partial charge on any atom is -0.396 e. The average molecular weight is 242 g/mol. The Morgan fingerprint density at radius 3 is 2.44 bits per heavy atom. The van der Waals surface area contributed by atoms with Crippen LogP contribution in [0.4, 0.5) is 17.3 Å². The van der Waals surface area contributed by atoms with Crippen molar-refractivity contribution in [3.05, 3.63) is 48.0 Å². The summed E-state index contributed by atoms with van der Waals surface area (Å²) in [5.74, 6) is 1.23. The molecule has 0 aliphatic heterocycles. The largest absolute Gasteiger partial charge is 0.396 e. The van der Waals surface area contributed by atoms with E-state index in [1.54, 1.807) is 6.07 Å². The maximum Gasteiger partial charge on any atom is 0.149 e. The molecule has 0 amide bonds. The SMILES string of the molecule is CN(CCc1ccccc1)c1ccc(N)c(N)n1. The van der Waals surface area contributed by atoms with Gasteiger partial charge in [-0.05, 0) is 24.1 Å². The van der Waals surface area contributed by atoms with Crippen molar-refractivity contribution in [3.63, 3.8) is 0 Å². The molecule has 1 aromatic heterocycles. The molecule has 0 fully saturated rings. The number of nitrogen functional groups attached to an aromatic ring is 2. The minimum absolute atomic E-state index is 0.388. The minimum atomic E-state index is 0.388. The van der Waals surface area contributed by atoms with Crippen molar-refractivity contribution in [1.82, 2.24) is 4.98 Å². The Hall–Kier alpha value is -2.23. The summed E-state index contributed by atoms with van der Waals surface area (Å²) < 4.78 is 0. The molecule has 1 heterocycles. The molecule has 0 aliphatic rings. The topological polar surface area (TPSA) is 68.2 Å². The molecule has 0 aliphatic carbocycles. The van der Waals surface area contributed by atoms with E-state index in [9.17, 15) is 0 Å². The van der Waals surface area contributed by atoms with Crippen LogP contribution in [-0.4, -0.2) is 18.6 Å². The quantitative estimate of drug-likeness (QED) is 0.859. The van der Waals surface area contributed by atoms with Gasteiger partial charge in [-0.3, -0.25) is 0 Å². The van der Waals surface area contributed by atoms with E-state index in [0.29, 0.717) is 11.5 Å². The molecule has 2 rings (SSSR count). The molecule has 0 atom stereocenters. The van der Waals surface area contributed by atoms with Gasteiger partial charge in [0.05, 0.1) is 5.69 Å². The highest BCUT2D eigenvalue weighted by Crippen LogP contribution is 2.17. The number of anilines is 3. The van der Waals surface area contributed by atoms with Crippen LogP contribution in [0.15, 0.2) is 42.5 Å². The Kier molecular flexibility index (Phi) is 3.67. The van der Waals surface area contributed by atoms with Gasteiger partial charge in [0.15, 0.2) is 0 Å². The van der Waals surface area contributed by atoms with Gasteiger partial charge in [-0.1, -0.05) is 30.3 Å². The number of aromatic nitrogens is 1. The second-order valence-electron chi connectivity index (χ2n) is 4.30. The molecule has 1 aromatic carbocycles. The zero-order chi connectivity index (χ0) is 13.0. The van der Waals surface area contributed by atoms with Crippen LogP contribution in [0.1, 0.15) is 5.56 Å². The Bertz CT molecular complexity index is 510. The first kappa shape index (κ1) is 12.2. The molecular weight excluding hydrogens is 224 g/mol. The highest BCUT2D eigenvalue weighted by atomic mass is 15.2. The summed E-state index contributed by atoms with van der Waals surface area (Å²) in [6, 6.07) is 14.0. The second kappa shape index (κ2) is 5.40. The molecule has 94 valence electrons. The van der Waals surface area contributed by atoms with Crippen molar-refractivity contribution in [2.45, 2.75) is 6.42 Å². The lowest BCUT2D eigenvalue weighted by molar-refractivity contribution is 0.861. The molecule has 0 saturated heterocycles. The first-order valence-electron chi connectivity index (χ1n) is 5.94. The monoisotopic (exact) mass is 242 g/mol. The van der Waals surface area contributed by atoms with Crippen LogP contribution >= 0.6 is 0 Å². The molecule has 4 heteroatoms. The zero-order valence-corrected chi connectivity index (χ0v) is 10.5. The molecule has 4 N–H and O–H groups in total. The number of likely N-dealkylation sites (N-methyl/N-ethyl adjacent to an activating group) is 1. The fourth-order valence-electron chi connectivity index (χ4n) is 1.74. The molecule has 2 aromatic rings. The van der Waals surface area contributed by atoms with Crippen LogP contribution in [0.2, 0.25) is 0 Å². The Labute approximate surface area is 107 Å². The van der Waals surface area contributed by atoms with Crippen LogP contribution in [-0.2, 0) is 6.42 Å². The summed E-state index contributed by atoms with van der Waals surface area (Å²) in [6.45, 7) is 0.889. The molecule has 0 radical (unpaired) electrons. The van der Waals surface area contributed by atoms with Crippen molar-refractivity contribution >= 4 is 17.3 Å². The number of rotatable bonds is 4. The normalized spacial score (nSPS) is 10.3. The Morgan fingerprint density at radius 1 is 1.06 bits per heavy atom. The number of hydrogen-bond acceptors (Lipinski definition) is 4. The summed E-state index contributed by atoms with van der Waals surface area (Å²) >= 11 is 0. The first-order valence-corrected chi connectivity index (χ1v) is 5.94. The number of nitrogens with two attached hydrogens (primary N) is 2. The van der Waals surface area contributed by atoms with E-state index >= 15 is 0 Å². The van der Waals surface area contributed by atoms with Crippen LogP contribution in [0.5, 0.6) is 0 Å². The van der Waals surface area contributed by atoms with Crippen LogP contribution in [0.25, 0.3) is 0 Å². The van der Waals surface area contributed by atoms with E-state index < -0.39 is 0 Å². The molecule has 0 saturated carbocycles. The summed E-state index contributed by atoms with van der Waals surface area (Å²) in [5.41, 5.74) is 13.2. The highest BCUT2D eigenvalue weighted by Gasteiger charge is 2.04. The van der Waals surface area contributed by atoms with E-state index in [-0.39, 0.29) is 0 Å². The van der Waals surface area contributed by atoms with Crippen molar-refractivity contribution in [2.75, 3.05) is 30.0 Å². The molecule has 0 spiro atoms. The zero-order valence-electron chi connectivity index (χ0n) is 10.5. The van der Waals surface area contributed by atoms with Crippen LogP contribution in [0, 0.1) is 0 Å². The fourth-order valence-corrected chi connectivity index (χ4v) is 1.74. The lowest BCUT2D eigenvalue weighted by Crippen LogP contribution is -2.21. The van der Waals surface area contributed by atoms with Crippen molar-refractivity contribution < 1.29 is 0 Å².